The summed E-state index contributed by atoms with van der Waals surface area (Å²) in [4.78, 5) is 35.1. The van der Waals surface area contributed by atoms with Crippen LogP contribution in [-0.4, -0.2) is 45.4 Å². The van der Waals surface area contributed by atoms with Crippen molar-refractivity contribution < 1.29 is 19.4 Å². The van der Waals surface area contributed by atoms with Gasteiger partial charge in [0.25, 0.3) is 5.91 Å². The van der Waals surface area contributed by atoms with E-state index in [0.717, 1.165) is 44.2 Å². The van der Waals surface area contributed by atoms with Gasteiger partial charge in [-0.25, -0.2) is 4.98 Å². The van der Waals surface area contributed by atoms with Crippen molar-refractivity contribution in [1.82, 2.24) is 9.97 Å². The first-order chi connectivity index (χ1) is 17.0. The van der Waals surface area contributed by atoms with Crippen LogP contribution in [0.4, 0.5) is 11.5 Å². The number of carboxylic acid groups (broad SMARTS) is 1. The lowest BCUT2D eigenvalue weighted by atomic mass is 9.77. The summed E-state index contributed by atoms with van der Waals surface area (Å²) in [5.74, 6) is 0.206. The number of carboxylic acids is 1. The Morgan fingerprint density at radius 3 is 2.49 bits per heavy atom. The number of aromatic nitrogens is 2. The fourth-order valence-electron chi connectivity index (χ4n) is 5.54. The summed E-state index contributed by atoms with van der Waals surface area (Å²) >= 11 is 1.63. The lowest BCUT2D eigenvalue weighted by Gasteiger charge is -2.28. The first-order valence-electron chi connectivity index (χ1n) is 12.6. The fourth-order valence-corrected chi connectivity index (χ4v) is 6.69. The number of nitrogens with two attached hydrogens (primary N) is 1. The molecule has 0 unspecified atom stereocenters. The van der Waals surface area contributed by atoms with Gasteiger partial charge in [0.15, 0.2) is 5.16 Å². The molecule has 5 rings (SSSR count). The minimum absolute atomic E-state index is 0.169. The van der Waals surface area contributed by atoms with Crippen molar-refractivity contribution in [2.45, 2.75) is 74.1 Å². The van der Waals surface area contributed by atoms with Gasteiger partial charge in [0.2, 0.25) is 5.88 Å². The molecule has 186 valence electrons. The number of benzene rings is 1. The minimum Gasteiger partial charge on any atom is -0.481 e. The highest BCUT2D eigenvalue weighted by Crippen LogP contribution is 2.39. The maximum absolute atomic E-state index is 13.5. The average Bonchev–Trinajstić information content (AvgIpc) is 3.28. The van der Waals surface area contributed by atoms with Gasteiger partial charge in [0.1, 0.15) is 18.0 Å². The topological polar surface area (TPSA) is 119 Å². The highest BCUT2D eigenvalue weighted by molar-refractivity contribution is 7.99. The van der Waals surface area contributed by atoms with Gasteiger partial charge in [-0.15, -0.1) is 0 Å². The second-order valence-electron chi connectivity index (χ2n) is 9.81. The van der Waals surface area contributed by atoms with E-state index in [-0.39, 0.29) is 35.5 Å². The SMILES string of the molecule is Nc1nc(SC2CCCC2)nc2c1C(=O)N(c1ccc([C@H]3CC[C@H](CC(=O)O)CC3)cc1)CCO2. The number of carbonyl (C=O) groups excluding carboxylic acids is 1. The molecule has 2 heterocycles. The number of rotatable bonds is 6. The zero-order valence-corrected chi connectivity index (χ0v) is 20.6. The number of fused-ring (bicyclic) bond motifs is 1. The Morgan fingerprint density at radius 1 is 1.09 bits per heavy atom. The Morgan fingerprint density at radius 2 is 1.80 bits per heavy atom. The van der Waals surface area contributed by atoms with Crippen LogP contribution in [-0.2, 0) is 4.79 Å². The van der Waals surface area contributed by atoms with Gasteiger partial charge in [-0.2, -0.15) is 4.98 Å². The van der Waals surface area contributed by atoms with Gasteiger partial charge < -0.3 is 20.5 Å². The van der Waals surface area contributed by atoms with Gasteiger partial charge in [-0.05, 0) is 68.1 Å². The predicted octanol–water partition coefficient (Wildman–Crippen LogP) is 4.88. The van der Waals surface area contributed by atoms with Crippen LogP contribution in [0.25, 0.3) is 0 Å². The molecule has 0 spiro atoms. The Balaban J connectivity index is 1.29. The average molecular weight is 497 g/mol. The minimum atomic E-state index is -0.708. The predicted molar refractivity (Wildman–Crippen MR) is 135 cm³/mol. The molecule has 35 heavy (non-hydrogen) atoms. The number of ether oxygens (including phenoxy) is 1. The van der Waals surface area contributed by atoms with Gasteiger partial charge >= 0.3 is 5.97 Å². The van der Waals surface area contributed by atoms with Crippen LogP contribution in [0.1, 0.15) is 79.6 Å². The second-order valence-corrected chi connectivity index (χ2v) is 11.1. The fraction of sp³-hybridized carbons (Fsp3) is 0.538. The molecular formula is C26H32N4O4S. The first kappa shape index (κ1) is 23.9. The molecule has 0 bridgehead atoms. The number of nitrogen functional groups attached to an aromatic ring is 1. The van der Waals surface area contributed by atoms with E-state index in [4.69, 9.17) is 15.6 Å². The number of nitrogens with zero attached hydrogens (tertiary/aromatic N) is 3. The second kappa shape index (κ2) is 10.4. The van der Waals surface area contributed by atoms with E-state index < -0.39 is 5.97 Å². The summed E-state index contributed by atoms with van der Waals surface area (Å²) in [6.07, 6.45) is 8.90. The zero-order valence-electron chi connectivity index (χ0n) is 19.8. The third-order valence-corrected chi connectivity index (χ3v) is 8.65. The molecule has 2 aliphatic carbocycles. The quantitative estimate of drug-likeness (QED) is 0.543. The summed E-state index contributed by atoms with van der Waals surface area (Å²) in [6.45, 7) is 0.734. The largest absolute Gasteiger partial charge is 0.481 e. The summed E-state index contributed by atoms with van der Waals surface area (Å²) in [5.41, 5.74) is 8.51. The highest BCUT2D eigenvalue weighted by Gasteiger charge is 2.31. The van der Waals surface area contributed by atoms with E-state index in [1.807, 2.05) is 12.1 Å². The van der Waals surface area contributed by atoms with Crippen LogP contribution in [0.2, 0.25) is 0 Å². The number of hydrogen-bond acceptors (Lipinski definition) is 7. The molecule has 3 N–H and O–H groups in total. The molecule has 2 saturated carbocycles. The third-order valence-electron chi connectivity index (χ3n) is 7.46. The standard InChI is InChI=1S/C26H32N4O4S/c27-23-22-24(29-26(28-23)35-20-3-1-2-4-20)34-14-13-30(25(22)33)19-11-9-18(10-12-19)17-7-5-16(6-8-17)15-21(31)32/h9-12,16-17,20H,1-8,13-15H2,(H,31,32)(H2,27,28,29)/t16-,17-. The van der Waals surface area contributed by atoms with Crippen molar-refractivity contribution in [1.29, 1.82) is 0 Å². The number of carbonyl (C=O) groups is 2. The van der Waals surface area contributed by atoms with E-state index in [1.54, 1.807) is 16.7 Å². The number of aliphatic carboxylic acids is 1. The van der Waals surface area contributed by atoms with Crippen molar-refractivity contribution in [3.8, 4) is 5.88 Å². The molecule has 3 aliphatic rings. The van der Waals surface area contributed by atoms with Crippen LogP contribution < -0.4 is 15.4 Å². The van der Waals surface area contributed by atoms with Crippen molar-refractivity contribution in [2.24, 2.45) is 5.92 Å². The number of thioether (sulfide) groups is 1. The Bertz CT molecular complexity index is 1080. The van der Waals surface area contributed by atoms with Gasteiger partial charge in [0, 0.05) is 17.4 Å². The van der Waals surface area contributed by atoms with E-state index >= 15 is 0 Å². The molecule has 8 nitrogen and oxygen atoms in total. The van der Waals surface area contributed by atoms with Crippen LogP contribution in [0.5, 0.6) is 5.88 Å². The molecule has 0 atom stereocenters. The number of hydrogen-bond donors (Lipinski definition) is 2. The Hall–Kier alpha value is -2.81. The van der Waals surface area contributed by atoms with Gasteiger partial charge in [-0.3, -0.25) is 9.59 Å². The monoisotopic (exact) mass is 496 g/mol. The third kappa shape index (κ3) is 5.39. The van der Waals surface area contributed by atoms with Gasteiger partial charge in [0.05, 0.1) is 6.54 Å². The zero-order chi connectivity index (χ0) is 24.4. The molecule has 9 heteroatoms. The summed E-state index contributed by atoms with van der Waals surface area (Å²) in [7, 11) is 0. The van der Waals surface area contributed by atoms with Crippen LogP contribution >= 0.6 is 11.8 Å². The van der Waals surface area contributed by atoms with E-state index in [2.05, 4.69) is 22.1 Å². The smallest absolute Gasteiger partial charge is 0.303 e. The van der Waals surface area contributed by atoms with E-state index in [0.29, 0.717) is 29.5 Å². The number of anilines is 2. The van der Waals surface area contributed by atoms with Crippen molar-refractivity contribution in [3.05, 3.63) is 35.4 Å². The molecule has 1 amide bonds. The number of amides is 1. The highest BCUT2D eigenvalue weighted by atomic mass is 32.2. The van der Waals surface area contributed by atoms with E-state index in [1.165, 1.54) is 18.4 Å². The molecule has 2 fully saturated rings. The van der Waals surface area contributed by atoms with Crippen LogP contribution in [0.15, 0.2) is 29.4 Å². The molecule has 0 saturated heterocycles. The summed E-state index contributed by atoms with van der Waals surface area (Å²) in [6, 6.07) is 8.11. The molecular weight excluding hydrogens is 464 g/mol. The lowest BCUT2D eigenvalue weighted by Crippen LogP contribution is -2.32. The maximum atomic E-state index is 13.5. The molecule has 1 aromatic carbocycles. The Labute approximate surface area is 209 Å². The van der Waals surface area contributed by atoms with Crippen molar-refractivity contribution in [2.75, 3.05) is 23.8 Å². The van der Waals surface area contributed by atoms with Crippen LogP contribution in [0.3, 0.4) is 0 Å². The Kier molecular flexibility index (Phi) is 7.13. The van der Waals surface area contributed by atoms with E-state index in [9.17, 15) is 9.59 Å². The normalized spacial score (nSPS) is 23.0. The first-order valence-corrected chi connectivity index (χ1v) is 13.5. The van der Waals surface area contributed by atoms with Gasteiger partial charge in [-0.1, -0.05) is 36.7 Å². The molecule has 2 aromatic rings. The van der Waals surface area contributed by atoms with Crippen LogP contribution in [0, 0.1) is 5.92 Å². The van der Waals surface area contributed by atoms with Crippen molar-refractivity contribution >= 4 is 35.1 Å². The summed E-state index contributed by atoms with van der Waals surface area (Å²) < 4.78 is 5.86. The summed E-state index contributed by atoms with van der Waals surface area (Å²) in [5, 5.41) is 10.1. The molecule has 1 aromatic heterocycles. The molecule has 1 aliphatic heterocycles. The van der Waals surface area contributed by atoms with Crippen molar-refractivity contribution in [3.63, 3.8) is 0 Å². The molecule has 0 radical (unpaired) electrons. The lowest BCUT2D eigenvalue weighted by molar-refractivity contribution is -0.138. The maximum Gasteiger partial charge on any atom is 0.303 e.